The summed E-state index contributed by atoms with van der Waals surface area (Å²) < 4.78 is 12.7. The fourth-order valence-electron chi connectivity index (χ4n) is 4.28. The summed E-state index contributed by atoms with van der Waals surface area (Å²) in [6.07, 6.45) is 2.99. The topological polar surface area (TPSA) is 18.5 Å². The second-order valence-electron chi connectivity index (χ2n) is 7.22. The number of rotatable bonds is 2. The van der Waals surface area contributed by atoms with Crippen LogP contribution in [0.1, 0.15) is 52.4 Å². The molecule has 0 amide bonds. The fourth-order valence-corrected chi connectivity index (χ4v) is 4.28. The van der Waals surface area contributed by atoms with Gasteiger partial charge in [0.05, 0.1) is 12.2 Å². The van der Waals surface area contributed by atoms with Gasteiger partial charge in [-0.05, 0) is 37.5 Å². The summed E-state index contributed by atoms with van der Waals surface area (Å²) in [7, 11) is 0. The molecule has 1 aromatic rings. The van der Waals surface area contributed by atoms with Crippen molar-refractivity contribution in [1.29, 1.82) is 0 Å². The molecule has 1 heterocycles. The summed E-state index contributed by atoms with van der Waals surface area (Å²) in [6, 6.07) is 10.4. The highest BCUT2D eigenvalue weighted by Crippen LogP contribution is 2.47. The van der Waals surface area contributed by atoms with E-state index in [4.69, 9.17) is 9.47 Å². The van der Waals surface area contributed by atoms with Gasteiger partial charge in [0, 0.05) is 11.5 Å². The Hall–Kier alpha value is -0.860. The van der Waals surface area contributed by atoms with Gasteiger partial charge >= 0.3 is 0 Å². The quantitative estimate of drug-likeness (QED) is 0.777. The van der Waals surface area contributed by atoms with E-state index in [0.29, 0.717) is 29.8 Å². The van der Waals surface area contributed by atoms with Crippen LogP contribution in [-0.4, -0.2) is 12.2 Å². The van der Waals surface area contributed by atoms with E-state index < -0.39 is 0 Å². The van der Waals surface area contributed by atoms with Gasteiger partial charge in [0.2, 0.25) is 0 Å². The zero-order chi connectivity index (χ0) is 15.0. The summed E-state index contributed by atoms with van der Waals surface area (Å²) in [5.41, 5.74) is 1.14. The number of fused-ring (bicyclic) bond motifs is 1. The van der Waals surface area contributed by atoms with Gasteiger partial charge in [0.15, 0.2) is 6.29 Å². The van der Waals surface area contributed by atoms with Crippen LogP contribution < -0.4 is 0 Å². The molecule has 1 aromatic carbocycles. The first-order valence-electron chi connectivity index (χ1n) is 8.43. The fraction of sp³-hybridized carbons (Fsp3) is 0.684. The monoisotopic (exact) mass is 288 g/mol. The molecule has 21 heavy (non-hydrogen) atoms. The van der Waals surface area contributed by atoms with Crippen LogP contribution in [0, 0.1) is 23.7 Å². The molecule has 1 aliphatic heterocycles. The molecular formula is C19H28O2. The second-order valence-corrected chi connectivity index (χ2v) is 7.22. The molecule has 2 nitrogen and oxygen atoms in total. The lowest BCUT2D eigenvalue weighted by Gasteiger charge is -2.50. The van der Waals surface area contributed by atoms with Gasteiger partial charge in [-0.3, -0.25) is 0 Å². The van der Waals surface area contributed by atoms with E-state index in [9.17, 15) is 0 Å². The van der Waals surface area contributed by atoms with Gasteiger partial charge in [0.1, 0.15) is 0 Å². The third-order valence-electron chi connectivity index (χ3n) is 5.50. The molecule has 1 saturated carbocycles. The van der Waals surface area contributed by atoms with Gasteiger partial charge < -0.3 is 9.47 Å². The molecule has 0 aromatic heterocycles. The van der Waals surface area contributed by atoms with Crippen LogP contribution in [0.5, 0.6) is 0 Å². The van der Waals surface area contributed by atoms with E-state index in [0.717, 1.165) is 5.56 Å². The molecular weight excluding hydrogens is 260 g/mol. The summed E-state index contributed by atoms with van der Waals surface area (Å²) in [6.45, 7) is 9.26. The average molecular weight is 288 g/mol. The highest BCUT2D eigenvalue weighted by atomic mass is 16.7. The van der Waals surface area contributed by atoms with Gasteiger partial charge in [-0.15, -0.1) is 0 Å². The molecule has 2 heteroatoms. The highest BCUT2D eigenvalue weighted by Gasteiger charge is 2.47. The van der Waals surface area contributed by atoms with E-state index in [1.807, 2.05) is 6.07 Å². The Morgan fingerprint density at radius 3 is 2.38 bits per heavy atom. The minimum Gasteiger partial charge on any atom is -0.345 e. The van der Waals surface area contributed by atoms with Crippen LogP contribution in [0.25, 0.3) is 0 Å². The van der Waals surface area contributed by atoms with Crippen LogP contribution >= 0.6 is 0 Å². The van der Waals surface area contributed by atoms with Crippen molar-refractivity contribution < 1.29 is 9.47 Å². The minimum absolute atomic E-state index is 0.200. The smallest absolute Gasteiger partial charge is 0.184 e. The largest absolute Gasteiger partial charge is 0.345 e. The van der Waals surface area contributed by atoms with Crippen molar-refractivity contribution in [3.8, 4) is 0 Å². The van der Waals surface area contributed by atoms with Crippen molar-refractivity contribution >= 4 is 0 Å². The number of hydrogen-bond acceptors (Lipinski definition) is 2. The van der Waals surface area contributed by atoms with Gasteiger partial charge in [0.25, 0.3) is 0 Å². The van der Waals surface area contributed by atoms with E-state index in [1.165, 1.54) is 12.8 Å². The van der Waals surface area contributed by atoms with Crippen LogP contribution in [-0.2, 0) is 9.47 Å². The zero-order valence-corrected chi connectivity index (χ0v) is 13.7. The van der Waals surface area contributed by atoms with E-state index >= 15 is 0 Å². The van der Waals surface area contributed by atoms with Crippen molar-refractivity contribution in [2.75, 3.05) is 0 Å². The molecule has 6 atom stereocenters. The molecule has 3 rings (SSSR count). The van der Waals surface area contributed by atoms with Gasteiger partial charge in [-0.2, -0.15) is 0 Å². The number of hydrogen-bond donors (Lipinski definition) is 0. The third-order valence-corrected chi connectivity index (χ3v) is 5.50. The molecule has 1 saturated heterocycles. The molecule has 0 N–H and O–H groups in total. The Morgan fingerprint density at radius 1 is 1.00 bits per heavy atom. The van der Waals surface area contributed by atoms with E-state index in [2.05, 4.69) is 52.0 Å². The lowest BCUT2D eigenvalue weighted by Crippen LogP contribution is -2.52. The maximum absolute atomic E-state index is 6.47. The lowest BCUT2D eigenvalue weighted by atomic mass is 9.67. The van der Waals surface area contributed by atoms with E-state index in [1.54, 1.807) is 0 Å². The molecule has 0 radical (unpaired) electrons. The third kappa shape index (κ3) is 2.89. The Kier molecular flexibility index (Phi) is 4.37. The lowest BCUT2D eigenvalue weighted by molar-refractivity contribution is -0.298. The van der Waals surface area contributed by atoms with Crippen molar-refractivity contribution in [3.63, 3.8) is 0 Å². The molecule has 0 spiro atoms. The maximum atomic E-state index is 6.47. The standard InChI is InChI=1S/C19H28O2/c1-12(2)16-11-10-13(3)17-14(4)20-19(21-18(16)17)15-8-6-5-7-9-15/h5-9,12-14,16-19H,10-11H2,1-4H3/t13-,14-,16-,17-,18+,19-/m1/s1. The second kappa shape index (κ2) is 6.10. The Bertz CT molecular complexity index is 456. The molecule has 2 aliphatic rings. The summed E-state index contributed by atoms with van der Waals surface area (Å²) in [5, 5.41) is 0. The first-order chi connectivity index (χ1) is 10.1. The van der Waals surface area contributed by atoms with Crippen LogP contribution in [0.4, 0.5) is 0 Å². The van der Waals surface area contributed by atoms with Crippen LogP contribution in [0.15, 0.2) is 30.3 Å². The molecule has 0 bridgehead atoms. The first-order valence-corrected chi connectivity index (χ1v) is 8.43. The summed E-state index contributed by atoms with van der Waals surface area (Å²) >= 11 is 0. The van der Waals surface area contributed by atoms with Gasteiger partial charge in [-0.1, -0.05) is 51.1 Å². The number of ether oxygens (including phenoxy) is 2. The van der Waals surface area contributed by atoms with E-state index in [-0.39, 0.29) is 12.4 Å². The maximum Gasteiger partial charge on any atom is 0.184 e. The van der Waals surface area contributed by atoms with Crippen molar-refractivity contribution in [3.05, 3.63) is 35.9 Å². The average Bonchev–Trinajstić information content (AvgIpc) is 2.47. The Labute approximate surface area is 128 Å². The van der Waals surface area contributed by atoms with Crippen molar-refractivity contribution in [2.24, 2.45) is 23.7 Å². The normalized spacial score (nSPS) is 40.0. The highest BCUT2D eigenvalue weighted by molar-refractivity contribution is 5.16. The molecule has 2 fully saturated rings. The summed E-state index contributed by atoms with van der Waals surface area (Å²) in [5.74, 6) is 2.55. The predicted octanol–water partition coefficient (Wildman–Crippen LogP) is 4.81. The van der Waals surface area contributed by atoms with Crippen LogP contribution in [0.2, 0.25) is 0 Å². The van der Waals surface area contributed by atoms with Crippen molar-refractivity contribution in [1.82, 2.24) is 0 Å². The summed E-state index contributed by atoms with van der Waals surface area (Å²) in [4.78, 5) is 0. The Balaban J connectivity index is 1.85. The zero-order valence-electron chi connectivity index (χ0n) is 13.7. The molecule has 116 valence electrons. The molecule has 1 aliphatic carbocycles. The number of benzene rings is 1. The predicted molar refractivity (Wildman–Crippen MR) is 84.8 cm³/mol. The first kappa shape index (κ1) is 15.1. The minimum atomic E-state index is -0.200. The van der Waals surface area contributed by atoms with Crippen molar-refractivity contribution in [2.45, 2.75) is 59.0 Å². The van der Waals surface area contributed by atoms with Crippen LogP contribution in [0.3, 0.4) is 0 Å². The Morgan fingerprint density at radius 2 is 1.71 bits per heavy atom. The van der Waals surface area contributed by atoms with Gasteiger partial charge in [-0.25, -0.2) is 0 Å². The SMILES string of the molecule is CC(C)[C@H]1CC[C@@H](C)[C@H]2[C@H]1O[C@H](c1ccccc1)O[C@@H]2C. The molecule has 0 unspecified atom stereocenters.